The first-order valence-corrected chi connectivity index (χ1v) is 11.3. The number of amides is 1. The molecule has 1 amide bonds. The van der Waals surface area contributed by atoms with Crippen LogP contribution in [0.25, 0.3) is 11.4 Å². The Balaban J connectivity index is 1.32. The molecule has 0 spiro atoms. The normalized spacial score (nSPS) is 14.8. The number of ether oxygens (including phenoxy) is 2. The Morgan fingerprint density at radius 2 is 1.88 bits per heavy atom. The van der Waals surface area contributed by atoms with E-state index in [-0.39, 0.29) is 11.8 Å². The van der Waals surface area contributed by atoms with E-state index in [2.05, 4.69) is 33.3 Å². The van der Waals surface area contributed by atoms with Gasteiger partial charge in [-0.05, 0) is 62.2 Å². The van der Waals surface area contributed by atoms with Crippen LogP contribution in [0.3, 0.4) is 0 Å². The average molecular weight is 451 g/mol. The van der Waals surface area contributed by atoms with E-state index in [0.717, 1.165) is 49.2 Å². The van der Waals surface area contributed by atoms with Crippen LogP contribution in [0, 0.1) is 5.92 Å². The van der Waals surface area contributed by atoms with Crippen molar-refractivity contribution in [3.63, 3.8) is 0 Å². The number of piperidine rings is 1. The number of anilines is 1. The summed E-state index contributed by atoms with van der Waals surface area (Å²) in [4.78, 5) is 19.6. The fourth-order valence-corrected chi connectivity index (χ4v) is 4.14. The highest BCUT2D eigenvalue weighted by atomic mass is 16.5. The van der Waals surface area contributed by atoms with Crippen molar-refractivity contribution >= 4 is 11.6 Å². The third-order valence-corrected chi connectivity index (χ3v) is 6.08. The highest BCUT2D eigenvalue weighted by molar-refractivity contribution is 5.93. The zero-order chi connectivity index (χ0) is 23.2. The predicted molar refractivity (Wildman–Crippen MR) is 125 cm³/mol. The van der Waals surface area contributed by atoms with Gasteiger partial charge < -0.3 is 19.3 Å². The molecule has 1 fully saturated rings. The van der Waals surface area contributed by atoms with Gasteiger partial charge in [-0.2, -0.15) is 4.98 Å². The monoisotopic (exact) mass is 450 g/mol. The number of likely N-dealkylation sites (tertiary alicyclic amines) is 1. The molecule has 1 N–H and O–H groups in total. The van der Waals surface area contributed by atoms with Gasteiger partial charge in [0, 0.05) is 17.2 Å². The van der Waals surface area contributed by atoms with Crippen molar-refractivity contribution in [1.29, 1.82) is 0 Å². The molecule has 174 valence electrons. The molecule has 2 aromatic carbocycles. The number of aromatic nitrogens is 2. The third kappa shape index (κ3) is 5.34. The van der Waals surface area contributed by atoms with E-state index in [9.17, 15) is 4.79 Å². The van der Waals surface area contributed by atoms with Gasteiger partial charge in [0.15, 0.2) is 11.5 Å². The molecule has 8 nitrogen and oxygen atoms in total. The van der Waals surface area contributed by atoms with Gasteiger partial charge in [-0.3, -0.25) is 9.69 Å². The van der Waals surface area contributed by atoms with Crippen molar-refractivity contribution in [3.8, 4) is 22.9 Å². The Labute approximate surface area is 193 Å². The van der Waals surface area contributed by atoms with Crippen molar-refractivity contribution in [1.82, 2.24) is 15.0 Å². The number of carbonyl (C=O) groups excluding carboxylic acids is 1. The highest BCUT2D eigenvalue weighted by Crippen LogP contribution is 2.31. The third-order valence-electron chi connectivity index (χ3n) is 6.08. The fraction of sp³-hybridized carbons (Fsp3) is 0.400. The van der Waals surface area contributed by atoms with E-state index in [1.807, 2.05) is 36.4 Å². The standard InChI is InChI=1S/C25H30N4O4/c1-4-17-7-5-6-8-20(17)26-25(30)18-11-13-29(14-12-18)16-23-27-24(28-33-23)19-9-10-21(31-2)22(15-19)32-3/h5-10,15,18H,4,11-14,16H2,1-3H3,(H,26,30). The lowest BCUT2D eigenvalue weighted by Crippen LogP contribution is -2.37. The minimum atomic E-state index is 0.0103. The topological polar surface area (TPSA) is 89.7 Å². The molecule has 4 rings (SSSR count). The summed E-state index contributed by atoms with van der Waals surface area (Å²) < 4.78 is 16.1. The summed E-state index contributed by atoms with van der Waals surface area (Å²) in [6.45, 7) is 4.27. The van der Waals surface area contributed by atoms with Crippen molar-refractivity contribution in [2.24, 2.45) is 5.92 Å². The van der Waals surface area contributed by atoms with Crippen molar-refractivity contribution in [2.45, 2.75) is 32.7 Å². The maximum absolute atomic E-state index is 12.8. The van der Waals surface area contributed by atoms with E-state index in [4.69, 9.17) is 14.0 Å². The van der Waals surface area contributed by atoms with Crippen LogP contribution in [-0.4, -0.2) is 48.3 Å². The van der Waals surface area contributed by atoms with Gasteiger partial charge in [-0.1, -0.05) is 30.3 Å². The summed E-state index contributed by atoms with van der Waals surface area (Å²) in [6.07, 6.45) is 2.50. The van der Waals surface area contributed by atoms with E-state index < -0.39 is 0 Å². The van der Waals surface area contributed by atoms with Gasteiger partial charge in [-0.15, -0.1) is 0 Å². The number of rotatable bonds is 8. The Morgan fingerprint density at radius 3 is 2.61 bits per heavy atom. The first-order chi connectivity index (χ1) is 16.1. The van der Waals surface area contributed by atoms with E-state index in [1.165, 1.54) is 0 Å². The first kappa shape index (κ1) is 22.8. The molecule has 0 saturated carbocycles. The maximum atomic E-state index is 12.8. The van der Waals surface area contributed by atoms with Crippen LogP contribution in [0.4, 0.5) is 5.69 Å². The zero-order valence-electron chi connectivity index (χ0n) is 19.3. The van der Waals surface area contributed by atoms with Crippen LogP contribution < -0.4 is 14.8 Å². The number of nitrogens with one attached hydrogen (secondary N) is 1. The molecule has 0 radical (unpaired) electrons. The molecular weight excluding hydrogens is 420 g/mol. The highest BCUT2D eigenvalue weighted by Gasteiger charge is 2.26. The van der Waals surface area contributed by atoms with Crippen LogP contribution in [-0.2, 0) is 17.8 Å². The molecule has 0 atom stereocenters. The predicted octanol–water partition coefficient (Wildman–Crippen LogP) is 4.17. The molecule has 1 aliphatic heterocycles. The van der Waals surface area contributed by atoms with Crippen molar-refractivity contribution in [3.05, 3.63) is 53.9 Å². The lowest BCUT2D eigenvalue weighted by atomic mass is 9.95. The molecule has 1 aromatic heterocycles. The van der Waals surface area contributed by atoms with E-state index in [0.29, 0.717) is 29.8 Å². The lowest BCUT2D eigenvalue weighted by Gasteiger charge is -2.30. The smallest absolute Gasteiger partial charge is 0.241 e. The fourth-order valence-electron chi connectivity index (χ4n) is 4.14. The second-order valence-electron chi connectivity index (χ2n) is 8.13. The number of nitrogens with zero attached hydrogens (tertiary/aromatic N) is 3. The molecular formula is C25H30N4O4. The van der Waals surface area contributed by atoms with Crippen LogP contribution >= 0.6 is 0 Å². The molecule has 0 bridgehead atoms. The second kappa shape index (κ2) is 10.5. The number of carbonyl (C=O) groups is 1. The summed E-state index contributed by atoms with van der Waals surface area (Å²) >= 11 is 0. The molecule has 0 aliphatic carbocycles. The zero-order valence-corrected chi connectivity index (χ0v) is 19.3. The number of hydrogen-bond acceptors (Lipinski definition) is 7. The van der Waals surface area contributed by atoms with Gasteiger partial charge >= 0.3 is 0 Å². The van der Waals surface area contributed by atoms with Gasteiger partial charge in [0.25, 0.3) is 0 Å². The number of para-hydroxylation sites is 1. The summed E-state index contributed by atoms with van der Waals surface area (Å²) in [5.41, 5.74) is 2.87. The molecule has 8 heteroatoms. The Hall–Kier alpha value is -3.39. The Bertz CT molecular complexity index is 1090. The van der Waals surface area contributed by atoms with Crippen molar-refractivity contribution < 1.29 is 18.8 Å². The quantitative estimate of drug-likeness (QED) is 0.551. The second-order valence-corrected chi connectivity index (χ2v) is 8.13. The Morgan fingerprint density at radius 1 is 1.12 bits per heavy atom. The van der Waals surface area contributed by atoms with Crippen LogP contribution in [0.5, 0.6) is 11.5 Å². The van der Waals surface area contributed by atoms with Gasteiger partial charge in [0.1, 0.15) is 0 Å². The first-order valence-electron chi connectivity index (χ1n) is 11.3. The average Bonchev–Trinajstić information content (AvgIpc) is 3.32. The molecule has 1 aliphatic rings. The summed E-state index contributed by atoms with van der Waals surface area (Å²) in [6, 6.07) is 13.5. The van der Waals surface area contributed by atoms with E-state index >= 15 is 0 Å². The lowest BCUT2D eigenvalue weighted by molar-refractivity contribution is -0.121. The van der Waals surface area contributed by atoms with Crippen molar-refractivity contribution in [2.75, 3.05) is 32.6 Å². The molecule has 1 saturated heterocycles. The summed E-state index contributed by atoms with van der Waals surface area (Å²) in [5.74, 6) is 2.44. The largest absolute Gasteiger partial charge is 0.493 e. The van der Waals surface area contributed by atoms with E-state index in [1.54, 1.807) is 14.2 Å². The Kier molecular flexibility index (Phi) is 7.24. The minimum Gasteiger partial charge on any atom is -0.493 e. The summed E-state index contributed by atoms with van der Waals surface area (Å²) in [7, 11) is 3.19. The van der Waals surface area contributed by atoms with Gasteiger partial charge in [0.2, 0.25) is 17.6 Å². The molecule has 3 aromatic rings. The van der Waals surface area contributed by atoms with Crippen LogP contribution in [0.2, 0.25) is 0 Å². The van der Waals surface area contributed by atoms with Gasteiger partial charge in [0.05, 0.1) is 20.8 Å². The maximum Gasteiger partial charge on any atom is 0.241 e. The number of aryl methyl sites for hydroxylation is 1. The van der Waals surface area contributed by atoms with Crippen LogP contribution in [0.15, 0.2) is 47.0 Å². The number of hydrogen-bond donors (Lipinski definition) is 1. The number of methoxy groups -OCH3 is 2. The number of benzene rings is 2. The minimum absolute atomic E-state index is 0.0103. The molecule has 0 unspecified atom stereocenters. The SMILES string of the molecule is CCc1ccccc1NC(=O)C1CCN(Cc2nc(-c3ccc(OC)c(OC)c3)no2)CC1. The van der Waals surface area contributed by atoms with Gasteiger partial charge in [-0.25, -0.2) is 0 Å². The van der Waals surface area contributed by atoms with Crippen LogP contribution in [0.1, 0.15) is 31.2 Å². The molecule has 33 heavy (non-hydrogen) atoms. The summed E-state index contributed by atoms with van der Waals surface area (Å²) in [5, 5.41) is 7.23. The molecule has 2 heterocycles.